The molecule has 114 valence electrons. The van der Waals surface area contributed by atoms with Gasteiger partial charge in [0.2, 0.25) is 5.91 Å². The third kappa shape index (κ3) is 3.63. The molecule has 2 N–H and O–H groups in total. The number of hydrogen-bond donors (Lipinski definition) is 2. The number of amides is 2. The number of ether oxygens (including phenoxy) is 1. The fourth-order valence-electron chi connectivity index (χ4n) is 2.14. The third-order valence-electron chi connectivity index (χ3n) is 3.12. The molecule has 22 heavy (non-hydrogen) atoms. The number of nitrogens with one attached hydrogen (secondary N) is 2. The molecule has 0 spiro atoms. The highest BCUT2D eigenvalue weighted by atomic mass is 16.5. The first-order valence-electron chi connectivity index (χ1n) is 6.84. The van der Waals surface area contributed by atoms with Gasteiger partial charge in [-0.3, -0.25) is 9.59 Å². The minimum atomic E-state index is -0.243. The Hall–Kier alpha value is -2.82. The van der Waals surface area contributed by atoms with E-state index < -0.39 is 0 Å². The van der Waals surface area contributed by atoms with E-state index in [0.29, 0.717) is 22.7 Å². The molecule has 5 heteroatoms. The number of benzene rings is 2. The number of hydrogen-bond acceptors (Lipinski definition) is 3. The van der Waals surface area contributed by atoms with Crippen LogP contribution < -0.4 is 15.4 Å². The zero-order valence-electron chi connectivity index (χ0n) is 12.8. The van der Waals surface area contributed by atoms with Gasteiger partial charge in [-0.05, 0) is 42.8 Å². The summed E-state index contributed by atoms with van der Waals surface area (Å²) in [5.41, 5.74) is 2.70. The molecular formula is C17H18N2O3. The van der Waals surface area contributed by atoms with E-state index in [2.05, 4.69) is 10.6 Å². The molecule has 2 amide bonds. The normalized spacial score (nSPS) is 9.95. The standard InChI is InChI=1S/C17H18N2O3/c1-11-5-4-6-15(16(11)22-3)17(21)19-14-9-7-13(8-10-14)18-12(2)20/h4-10H,1-3H3,(H,18,20)(H,19,21). The first-order chi connectivity index (χ1) is 10.5. The number of rotatable bonds is 4. The van der Waals surface area contributed by atoms with E-state index in [1.165, 1.54) is 6.92 Å². The fourth-order valence-corrected chi connectivity index (χ4v) is 2.14. The molecule has 0 radical (unpaired) electrons. The van der Waals surface area contributed by atoms with Gasteiger partial charge in [-0.1, -0.05) is 12.1 Å². The molecule has 0 aliphatic heterocycles. The van der Waals surface area contributed by atoms with Crippen molar-refractivity contribution in [3.8, 4) is 5.75 Å². The summed E-state index contributed by atoms with van der Waals surface area (Å²) in [5, 5.41) is 5.48. The van der Waals surface area contributed by atoms with Crippen molar-refractivity contribution in [3.05, 3.63) is 53.6 Å². The first kappa shape index (κ1) is 15.6. The summed E-state index contributed by atoms with van der Waals surface area (Å²) < 4.78 is 5.29. The van der Waals surface area contributed by atoms with Crippen LogP contribution in [0.4, 0.5) is 11.4 Å². The molecule has 2 aromatic carbocycles. The van der Waals surface area contributed by atoms with Crippen LogP contribution in [0.1, 0.15) is 22.8 Å². The van der Waals surface area contributed by atoms with Crippen molar-refractivity contribution < 1.29 is 14.3 Å². The first-order valence-corrected chi connectivity index (χ1v) is 6.84. The lowest BCUT2D eigenvalue weighted by Gasteiger charge is -2.12. The van der Waals surface area contributed by atoms with E-state index in [-0.39, 0.29) is 11.8 Å². The Morgan fingerprint density at radius 1 is 0.955 bits per heavy atom. The molecule has 5 nitrogen and oxygen atoms in total. The minimum absolute atomic E-state index is 0.138. The molecule has 0 fully saturated rings. The molecule has 0 aliphatic rings. The van der Waals surface area contributed by atoms with Gasteiger partial charge < -0.3 is 15.4 Å². The molecule has 0 bridgehead atoms. The van der Waals surface area contributed by atoms with E-state index in [1.807, 2.05) is 19.1 Å². The van der Waals surface area contributed by atoms with Crippen molar-refractivity contribution in [2.75, 3.05) is 17.7 Å². The number of anilines is 2. The topological polar surface area (TPSA) is 67.4 Å². The molecule has 0 saturated carbocycles. The van der Waals surface area contributed by atoms with Crippen LogP contribution in [0.2, 0.25) is 0 Å². The maximum atomic E-state index is 12.3. The number of carbonyl (C=O) groups excluding carboxylic acids is 2. The highest BCUT2D eigenvalue weighted by Gasteiger charge is 2.13. The highest BCUT2D eigenvalue weighted by Crippen LogP contribution is 2.24. The maximum absolute atomic E-state index is 12.3. The van der Waals surface area contributed by atoms with Crippen LogP contribution in [0.3, 0.4) is 0 Å². The number of para-hydroxylation sites is 1. The van der Waals surface area contributed by atoms with Crippen molar-refractivity contribution in [1.29, 1.82) is 0 Å². The monoisotopic (exact) mass is 298 g/mol. The molecule has 0 unspecified atom stereocenters. The second-order valence-electron chi connectivity index (χ2n) is 4.87. The van der Waals surface area contributed by atoms with Gasteiger partial charge in [0.25, 0.3) is 5.91 Å². The quantitative estimate of drug-likeness (QED) is 0.910. The third-order valence-corrected chi connectivity index (χ3v) is 3.12. The number of aryl methyl sites for hydroxylation is 1. The largest absolute Gasteiger partial charge is 0.496 e. The SMILES string of the molecule is COc1c(C)cccc1C(=O)Nc1ccc(NC(C)=O)cc1. The maximum Gasteiger partial charge on any atom is 0.259 e. The van der Waals surface area contributed by atoms with Gasteiger partial charge in [-0.15, -0.1) is 0 Å². The Kier molecular flexibility index (Phi) is 4.78. The summed E-state index contributed by atoms with van der Waals surface area (Å²) in [4.78, 5) is 23.3. The van der Waals surface area contributed by atoms with E-state index >= 15 is 0 Å². The molecular weight excluding hydrogens is 280 g/mol. The smallest absolute Gasteiger partial charge is 0.259 e. The van der Waals surface area contributed by atoms with E-state index in [1.54, 1.807) is 37.4 Å². The second kappa shape index (κ2) is 6.76. The zero-order valence-corrected chi connectivity index (χ0v) is 12.8. The van der Waals surface area contributed by atoms with E-state index in [0.717, 1.165) is 5.56 Å². The van der Waals surface area contributed by atoms with Crippen molar-refractivity contribution in [1.82, 2.24) is 0 Å². The minimum Gasteiger partial charge on any atom is -0.496 e. The van der Waals surface area contributed by atoms with Crippen LogP contribution >= 0.6 is 0 Å². The van der Waals surface area contributed by atoms with E-state index in [4.69, 9.17) is 4.74 Å². The second-order valence-corrected chi connectivity index (χ2v) is 4.87. The van der Waals surface area contributed by atoms with Crippen molar-refractivity contribution in [2.45, 2.75) is 13.8 Å². The summed E-state index contributed by atoms with van der Waals surface area (Å²) in [7, 11) is 1.54. The number of carbonyl (C=O) groups is 2. The van der Waals surface area contributed by atoms with Crippen LogP contribution in [0.25, 0.3) is 0 Å². The summed E-state index contributed by atoms with van der Waals surface area (Å²) >= 11 is 0. The van der Waals surface area contributed by atoms with E-state index in [9.17, 15) is 9.59 Å². The molecule has 0 aromatic heterocycles. The molecule has 0 heterocycles. The Bertz CT molecular complexity index is 694. The Morgan fingerprint density at radius 2 is 1.55 bits per heavy atom. The van der Waals surface area contributed by atoms with Gasteiger partial charge in [0, 0.05) is 18.3 Å². The summed E-state index contributed by atoms with van der Waals surface area (Å²) in [6, 6.07) is 12.3. The van der Waals surface area contributed by atoms with Crippen LogP contribution in [0, 0.1) is 6.92 Å². The molecule has 2 aromatic rings. The van der Waals surface area contributed by atoms with Crippen LogP contribution in [0.5, 0.6) is 5.75 Å². The predicted octanol–water partition coefficient (Wildman–Crippen LogP) is 3.21. The summed E-state index contributed by atoms with van der Waals surface area (Å²) in [6.45, 7) is 3.33. The van der Waals surface area contributed by atoms with Crippen LogP contribution in [0.15, 0.2) is 42.5 Å². The molecule has 0 saturated heterocycles. The lowest BCUT2D eigenvalue weighted by atomic mass is 10.1. The van der Waals surface area contributed by atoms with Gasteiger partial charge in [0.15, 0.2) is 0 Å². The highest BCUT2D eigenvalue weighted by molar-refractivity contribution is 6.06. The summed E-state index contributed by atoms with van der Waals surface area (Å²) in [6.07, 6.45) is 0. The predicted molar refractivity (Wildman–Crippen MR) is 86.4 cm³/mol. The number of methoxy groups -OCH3 is 1. The summed E-state index contributed by atoms with van der Waals surface area (Å²) in [5.74, 6) is 0.184. The Balaban J connectivity index is 2.15. The molecule has 2 rings (SSSR count). The van der Waals surface area contributed by atoms with Crippen molar-refractivity contribution >= 4 is 23.2 Å². The van der Waals surface area contributed by atoms with Crippen molar-refractivity contribution in [2.24, 2.45) is 0 Å². The Morgan fingerprint density at radius 3 is 2.09 bits per heavy atom. The molecule has 0 atom stereocenters. The lowest BCUT2D eigenvalue weighted by Crippen LogP contribution is -2.13. The average Bonchev–Trinajstić information content (AvgIpc) is 2.48. The fraction of sp³-hybridized carbons (Fsp3) is 0.176. The lowest BCUT2D eigenvalue weighted by molar-refractivity contribution is -0.114. The van der Waals surface area contributed by atoms with Gasteiger partial charge in [-0.2, -0.15) is 0 Å². The van der Waals surface area contributed by atoms with Gasteiger partial charge in [0.05, 0.1) is 12.7 Å². The zero-order chi connectivity index (χ0) is 16.1. The van der Waals surface area contributed by atoms with Gasteiger partial charge in [-0.25, -0.2) is 0 Å². The van der Waals surface area contributed by atoms with Crippen LogP contribution in [-0.4, -0.2) is 18.9 Å². The average molecular weight is 298 g/mol. The van der Waals surface area contributed by atoms with Gasteiger partial charge >= 0.3 is 0 Å². The van der Waals surface area contributed by atoms with Crippen LogP contribution in [-0.2, 0) is 4.79 Å². The Labute approximate surface area is 129 Å². The van der Waals surface area contributed by atoms with Gasteiger partial charge in [0.1, 0.15) is 5.75 Å². The molecule has 0 aliphatic carbocycles. The van der Waals surface area contributed by atoms with Crippen molar-refractivity contribution in [3.63, 3.8) is 0 Å².